The fourth-order valence-electron chi connectivity index (χ4n) is 4.06. The van der Waals surface area contributed by atoms with Gasteiger partial charge in [0.15, 0.2) is 0 Å². The van der Waals surface area contributed by atoms with Crippen LogP contribution in [0.1, 0.15) is 47.1 Å². The van der Waals surface area contributed by atoms with Crippen molar-refractivity contribution in [3.63, 3.8) is 0 Å². The van der Waals surface area contributed by atoms with Gasteiger partial charge in [-0.2, -0.15) is 5.10 Å². The Morgan fingerprint density at radius 1 is 0.963 bits per heavy atom. The van der Waals surface area contributed by atoms with Crippen LogP contribution < -0.4 is 0 Å². The number of rotatable bonds is 3. The van der Waals surface area contributed by atoms with Crippen LogP contribution in [0.5, 0.6) is 0 Å². The molecule has 0 bridgehead atoms. The Balaban J connectivity index is 1.51. The molecule has 1 fully saturated rings. The van der Waals surface area contributed by atoms with Crippen LogP contribution in [0.2, 0.25) is 0 Å². The summed E-state index contributed by atoms with van der Waals surface area (Å²) in [5, 5.41) is 4.52. The molecule has 0 unspecified atom stereocenters. The van der Waals surface area contributed by atoms with Crippen molar-refractivity contribution in [3.05, 3.63) is 65.3 Å². The zero-order valence-corrected chi connectivity index (χ0v) is 16.0. The summed E-state index contributed by atoms with van der Waals surface area (Å²) in [6.45, 7) is 5.94. The van der Waals surface area contributed by atoms with Crippen molar-refractivity contribution in [1.82, 2.24) is 29.3 Å². The molecule has 3 aromatic heterocycles. The number of hydrogen-bond donors (Lipinski definition) is 0. The zero-order chi connectivity index (χ0) is 18.7. The minimum absolute atomic E-state index is 0.407. The molecule has 2 atom stereocenters. The molecule has 6 nitrogen and oxygen atoms in total. The van der Waals surface area contributed by atoms with Crippen LogP contribution in [0.25, 0.3) is 16.7 Å². The summed E-state index contributed by atoms with van der Waals surface area (Å²) in [5.74, 6) is 3.66. The first-order chi connectivity index (χ1) is 13.0. The van der Waals surface area contributed by atoms with Gasteiger partial charge in [-0.3, -0.25) is 4.98 Å². The maximum Gasteiger partial charge on any atom is 0.148 e. The number of imidazole rings is 1. The Bertz CT molecular complexity index is 1170. The highest BCUT2D eigenvalue weighted by molar-refractivity contribution is 5.76. The normalized spacial score (nSPS) is 19.0. The number of aryl methyl sites for hydroxylation is 4. The van der Waals surface area contributed by atoms with Crippen molar-refractivity contribution < 1.29 is 0 Å². The van der Waals surface area contributed by atoms with Crippen LogP contribution in [-0.2, 0) is 7.05 Å². The molecule has 1 aliphatic carbocycles. The Kier molecular flexibility index (Phi) is 3.44. The summed E-state index contributed by atoms with van der Waals surface area (Å²) in [4.78, 5) is 14.1. The van der Waals surface area contributed by atoms with Gasteiger partial charge in [-0.15, -0.1) is 0 Å². The van der Waals surface area contributed by atoms with E-state index in [-0.39, 0.29) is 0 Å². The average Bonchev–Trinajstić information content (AvgIpc) is 3.27. The van der Waals surface area contributed by atoms with Crippen LogP contribution >= 0.6 is 0 Å². The van der Waals surface area contributed by atoms with Crippen LogP contribution in [0.15, 0.2) is 36.4 Å². The molecule has 0 aliphatic heterocycles. The Morgan fingerprint density at radius 2 is 1.78 bits per heavy atom. The Labute approximate surface area is 157 Å². The molecule has 6 heteroatoms. The molecule has 0 amide bonds. The summed E-state index contributed by atoms with van der Waals surface area (Å²) < 4.78 is 4.13. The second-order valence-corrected chi connectivity index (χ2v) is 7.48. The average molecular weight is 358 g/mol. The topological polar surface area (TPSA) is 61.4 Å². The van der Waals surface area contributed by atoms with Gasteiger partial charge >= 0.3 is 0 Å². The van der Waals surface area contributed by atoms with E-state index in [4.69, 9.17) is 9.97 Å². The van der Waals surface area contributed by atoms with Gasteiger partial charge in [-0.1, -0.05) is 12.1 Å². The van der Waals surface area contributed by atoms with Gasteiger partial charge in [-0.05, 0) is 51.5 Å². The van der Waals surface area contributed by atoms with E-state index in [9.17, 15) is 0 Å². The first kappa shape index (κ1) is 16.2. The highest BCUT2D eigenvalue weighted by Gasteiger charge is 2.43. The van der Waals surface area contributed by atoms with Gasteiger partial charge in [0.25, 0.3) is 0 Å². The predicted molar refractivity (Wildman–Crippen MR) is 104 cm³/mol. The van der Waals surface area contributed by atoms with Crippen molar-refractivity contribution in [2.45, 2.75) is 39.0 Å². The molecule has 1 saturated carbocycles. The number of fused-ring (bicyclic) bond motifs is 1. The first-order valence-corrected chi connectivity index (χ1v) is 9.32. The molecular formula is C21H22N6. The lowest BCUT2D eigenvalue weighted by Crippen LogP contribution is -2.03. The van der Waals surface area contributed by atoms with Crippen molar-refractivity contribution in [2.24, 2.45) is 7.05 Å². The number of pyridine rings is 1. The van der Waals surface area contributed by atoms with Crippen molar-refractivity contribution in [2.75, 3.05) is 0 Å². The molecule has 1 aromatic carbocycles. The van der Waals surface area contributed by atoms with E-state index in [1.165, 1.54) is 5.52 Å². The number of aromatic nitrogens is 6. The van der Waals surface area contributed by atoms with Crippen LogP contribution in [0.4, 0.5) is 0 Å². The highest BCUT2D eigenvalue weighted by Crippen LogP contribution is 2.54. The van der Waals surface area contributed by atoms with E-state index in [1.807, 2.05) is 31.5 Å². The zero-order valence-electron chi connectivity index (χ0n) is 16.0. The predicted octanol–water partition coefficient (Wildman–Crippen LogP) is 3.75. The second kappa shape index (κ2) is 5.74. The van der Waals surface area contributed by atoms with Crippen molar-refractivity contribution >= 4 is 11.0 Å². The van der Waals surface area contributed by atoms with Gasteiger partial charge in [0.2, 0.25) is 0 Å². The quantitative estimate of drug-likeness (QED) is 0.560. The largest absolute Gasteiger partial charge is 0.331 e. The number of para-hydroxylation sites is 2. The van der Waals surface area contributed by atoms with Crippen LogP contribution in [-0.4, -0.2) is 29.3 Å². The summed E-state index contributed by atoms with van der Waals surface area (Å²) in [6.07, 6.45) is 1.09. The highest BCUT2D eigenvalue weighted by atomic mass is 15.3. The smallest absolute Gasteiger partial charge is 0.148 e. The van der Waals surface area contributed by atoms with Gasteiger partial charge in [0, 0.05) is 30.3 Å². The Morgan fingerprint density at radius 3 is 2.52 bits per heavy atom. The first-order valence-electron chi connectivity index (χ1n) is 9.32. The fraction of sp³-hybridized carbons (Fsp3) is 0.333. The SMILES string of the molecule is Cc1cc(-n2nc(C)nc2C)cc([C@H]2C[C@@H]2c2nc3ccccc3n2C)n1. The number of hydrogen-bond acceptors (Lipinski definition) is 4. The summed E-state index contributed by atoms with van der Waals surface area (Å²) in [5.41, 5.74) is 5.41. The monoisotopic (exact) mass is 358 g/mol. The van der Waals surface area contributed by atoms with Crippen molar-refractivity contribution in [1.29, 1.82) is 0 Å². The second-order valence-electron chi connectivity index (χ2n) is 7.48. The lowest BCUT2D eigenvalue weighted by molar-refractivity contribution is 0.791. The van der Waals surface area contributed by atoms with E-state index >= 15 is 0 Å². The molecule has 5 rings (SSSR count). The maximum atomic E-state index is 4.88. The van der Waals surface area contributed by atoms with Gasteiger partial charge in [0.05, 0.1) is 16.7 Å². The summed E-state index contributed by atoms with van der Waals surface area (Å²) in [7, 11) is 2.11. The molecule has 0 N–H and O–H groups in total. The standard InChI is InChI=1S/C21H22N6/c1-12-9-15(27-14(3)23-13(2)25-27)10-19(22-12)16-11-17(16)21-24-18-7-5-6-8-20(18)26(21)4/h5-10,16-17H,11H2,1-4H3/t16-,17-/m0/s1. The molecule has 4 aromatic rings. The number of nitrogens with zero attached hydrogens (tertiary/aromatic N) is 6. The van der Waals surface area contributed by atoms with Crippen molar-refractivity contribution in [3.8, 4) is 5.69 Å². The van der Waals surface area contributed by atoms with E-state index in [1.54, 1.807) is 0 Å². The minimum atomic E-state index is 0.407. The Hall–Kier alpha value is -3.02. The van der Waals surface area contributed by atoms with Gasteiger partial charge in [-0.25, -0.2) is 14.6 Å². The lowest BCUT2D eigenvalue weighted by atomic mass is 10.1. The third kappa shape index (κ3) is 2.63. The third-order valence-electron chi connectivity index (χ3n) is 5.40. The van der Waals surface area contributed by atoms with E-state index in [2.05, 4.69) is 52.0 Å². The molecule has 136 valence electrons. The van der Waals surface area contributed by atoms with E-state index in [0.717, 1.165) is 46.5 Å². The van der Waals surface area contributed by atoms with Crippen LogP contribution in [0.3, 0.4) is 0 Å². The fourth-order valence-corrected chi connectivity index (χ4v) is 4.06. The summed E-state index contributed by atoms with van der Waals surface area (Å²) >= 11 is 0. The third-order valence-corrected chi connectivity index (χ3v) is 5.40. The van der Waals surface area contributed by atoms with Crippen LogP contribution in [0, 0.1) is 20.8 Å². The molecular weight excluding hydrogens is 336 g/mol. The number of benzene rings is 1. The molecule has 27 heavy (non-hydrogen) atoms. The minimum Gasteiger partial charge on any atom is -0.331 e. The van der Waals surface area contributed by atoms with Gasteiger partial charge in [0.1, 0.15) is 17.5 Å². The lowest BCUT2D eigenvalue weighted by Gasteiger charge is -2.08. The van der Waals surface area contributed by atoms with E-state index < -0.39 is 0 Å². The molecule has 1 aliphatic rings. The maximum absolute atomic E-state index is 4.88. The summed E-state index contributed by atoms with van der Waals surface area (Å²) in [6, 6.07) is 12.5. The molecule has 0 radical (unpaired) electrons. The van der Waals surface area contributed by atoms with E-state index in [0.29, 0.717) is 11.8 Å². The molecule has 0 saturated heterocycles. The molecule has 3 heterocycles. The van der Waals surface area contributed by atoms with Gasteiger partial charge < -0.3 is 4.57 Å². The molecule has 0 spiro atoms.